The van der Waals surface area contributed by atoms with Gasteiger partial charge in [-0.15, -0.1) is 10.2 Å². The molecular formula is C21H25ClN4. The SMILES string of the molecule is CC(C)Cc1nnc2c(Cl)c(N3CCC(c4ccccc4)CC3)ccn12. The Bertz CT molecular complexity index is 880. The number of anilines is 1. The number of hydrogen-bond donors (Lipinski definition) is 0. The van der Waals surface area contributed by atoms with Crippen LogP contribution in [0.15, 0.2) is 42.6 Å². The monoisotopic (exact) mass is 368 g/mol. The maximum Gasteiger partial charge on any atom is 0.181 e. The first kappa shape index (κ1) is 17.3. The molecule has 136 valence electrons. The van der Waals surface area contributed by atoms with Gasteiger partial charge in [0.05, 0.1) is 5.69 Å². The van der Waals surface area contributed by atoms with Crippen molar-refractivity contribution in [2.75, 3.05) is 18.0 Å². The molecule has 1 aliphatic rings. The quantitative estimate of drug-likeness (QED) is 0.652. The molecule has 0 aliphatic carbocycles. The van der Waals surface area contributed by atoms with Crippen LogP contribution in [0.2, 0.25) is 5.02 Å². The van der Waals surface area contributed by atoms with Gasteiger partial charge in [0.2, 0.25) is 0 Å². The van der Waals surface area contributed by atoms with E-state index >= 15 is 0 Å². The zero-order chi connectivity index (χ0) is 18.1. The fourth-order valence-electron chi connectivity index (χ4n) is 3.89. The molecule has 1 saturated heterocycles. The zero-order valence-corrected chi connectivity index (χ0v) is 16.2. The molecule has 2 aromatic heterocycles. The molecule has 0 bridgehead atoms. The van der Waals surface area contributed by atoms with E-state index in [1.165, 1.54) is 5.56 Å². The molecule has 1 aliphatic heterocycles. The molecule has 4 rings (SSSR count). The summed E-state index contributed by atoms with van der Waals surface area (Å²) in [6, 6.07) is 12.9. The van der Waals surface area contributed by atoms with E-state index in [1.807, 2.05) is 4.40 Å². The number of piperidine rings is 1. The molecule has 4 nitrogen and oxygen atoms in total. The van der Waals surface area contributed by atoms with E-state index in [9.17, 15) is 0 Å². The molecule has 0 N–H and O–H groups in total. The van der Waals surface area contributed by atoms with Crippen LogP contribution in [0.1, 0.15) is 44.0 Å². The topological polar surface area (TPSA) is 33.4 Å². The Hall–Kier alpha value is -2.07. The number of pyridine rings is 1. The van der Waals surface area contributed by atoms with Crippen molar-refractivity contribution in [1.29, 1.82) is 0 Å². The van der Waals surface area contributed by atoms with Crippen LogP contribution in [0.25, 0.3) is 5.65 Å². The molecule has 1 aromatic carbocycles. The average Bonchev–Trinajstić information content (AvgIpc) is 3.06. The zero-order valence-electron chi connectivity index (χ0n) is 15.4. The molecular weight excluding hydrogens is 344 g/mol. The maximum absolute atomic E-state index is 6.71. The van der Waals surface area contributed by atoms with Gasteiger partial charge in [-0.05, 0) is 36.3 Å². The van der Waals surface area contributed by atoms with E-state index in [1.54, 1.807) is 0 Å². The molecule has 3 aromatic rings. The first-order chi connectivity index (χ1) is 12.6. The lowest BCUT2D eigenvalue weighted by Crippen LogP contribution is -2.33. The van der Waals surface area contributed by atoms with Gasteiger partial charge in [-0.3, -0.25) is 4.40 Å². The molecule has 0 amide bonds. The van der Waals surface area contributed by atoms with Gasteiger partial charge in [0.15, 0.2) is 5.65 Å². The van der Waals surface area contributed by atoms with Gasteiger partial charge in [-0.2, -0.15) is 0 Å². The van der Waals surface area contributed by atoms with Crippen LogP contribution < -0.4 is 4.90 Å². The lowest BCUT2D eigenvalue weighted by molar-refractivity contribution is 0.505. The largest absolute Gasteiger partial charge is 0.370 e. The van der Waals surface area contributed by atoms with E-state index in [4.69, 9.17) is 11.6 Å². The van der Waals surface area contributed by atoms with E-state index in [2.05, 4.69) is 71.5 Å². The van der Waals surface area contributed by atoms with Crippen LogP contribution in [-0.4, -0.2) is 27.7 Å². The summed E-state index contributed by atoms with van der Waals surface area (Å²) in [5.74, 6) is 2.16. The van der Waals surface area contributed by atoms with E-state index in [0.717, 1.165) is 49.5 Å². The van der Waals surface area contributed by atoms with Crippen molar-refractivity contribution in [3.8, 4) is 0 Å². The minimum absolute atomic E-state index is 0.540. The predicted molar refractivity (Wildman–Crippen MR) is 107 cm³/mol. The summed E-state index contributed by atoms with van der Waals surface area (Å²) in [5, 5.41) is 9.40. The Morgan fingerprint density at radius 3 is 2.50 bits per heavy atom. The lowest BCUT2D eigenvalue weighted by atomic mass is 9.89. The highest BCUT2D eigenvalue weighted by Crippen LogP contribution is 2.35. The summed E-state index contributed by atoms with van der Waals surface area (Å²) in [7, 11) is 0. The minimum Gasteiger partial charge on any atom is -0.370 e. The van der Waals surface area contributed by atoms with Crippen molar-refractivity contribution in [2.45, 2.75) is 39.0 Å². The van der Waals surface area contributed by atoms with Gasteiger partial charge in [0, 0.05) is 25.7 Å². The Kier molecular flexibility index (Phi) is 4.86. The Morgan fingerprint density at radius 2 is 1.81 bits per heavy atom. The molecule has 0 spiro atoms. The lowest BCUT2D eigenvalue weighted by Gasteiger charge is -2.34. The van der Waals surface area contributed by atoms with Crippen LogP contribution in [0.5, 0.6) is 0 Å². The van der Waals surface area contributed by atoms with Gasteiger partial charge in [-0.25, -0.2) is 0 Å². The molecule has 0 saturated carbocycles. The summed E-state index contributed by atoms with van der Waals surface area (Å²) >= 11 is 6.71. The van der Waals surface area contributed by atoms with Gasteiger partial charge in [0.1, 0.15) is 10.8 Å². The smallest absolute Gasteiger partial charge is 0.181 e. The summed E-state index contributed by atoms with van der Waals surface area (Å²) in [6.45, 7) is 6.41. The number of nitrogens with zero attached hydrogens (tertiary/aromatic N) is 4. The van der Waals surface area contributed by atoms with Crippen molar-refractivity contribution >= 4 is 22.9 Å². The fourth-order valence-corrected chi connectivity index (χ4v) is 4.20. The Labute approximate surface area is 159 Å². The number of rotatable bonds is 4. The van der Waals surface area contributed by atoms with Gasteiger partial charge in [-0.1, -0.05) is 55.8 Å². The summed E-state index contributed by atoms with van der Waals surface area (Å²) in [5.41, 5.74) is 3.30. The van der Waals surface area contributed by atoms with Gasteiger partial charge in [0.25, 0.3) is 0 Å². The number of halogens is 1. The third-order valence-corrected chi connectivity index (χ3v) is 5.63. The van der Waals surface area contributed by atoms with E-state index < -0.39 is 0 Å². The summed E-state index contributed by atoms with van der Waals surface area (Å²) in [6.07, 6.45) is 5.27. The van der Waals surface area contributed by atoms with Crippen molar-refractivity contribution in [3.63, 3.8) is 0 Å². The van der Waals surface area contributed by atoms with Crippen molar-refractivity contribution in [3.05, 3.63) is 59.0 Å². The van der Waals surface area contributed by atoms with Crippen molar-refractivity contribution < 1.29 is 0 Å². The Morgan fingerprint density at radius 1 is 1.08 bits per heavy atom. The van der Waals surface area contributed by atoms with E-state index in [0.29, 0.717) is 16.9 Å². The molecule has 0 unspecified atom stereocenters. The second-order valence-electron chi connectivity index (χ2n) is 7.59. The number of hydrogen-bond acceptors (Lipinski definition) is 3. The van der Waals surface area contributed by atoms with E-state index in [-0.39, 0.29) is 0 Å². The predicted octanol–water partition coefficient (Wildman–Crippen LogP) is 4.97. The van der Waals surface area contributed by atoms with Crippen LogP contribution >= 0.6 is 11.6 Å². The third kappa shape index (κ3) is 3.30. The first-order valence-electron chi connectivity index (χ1n) is 9.45. The van der Waals surface area contributed by atoms with Crippen LogP contribution in [0.3, 0.4) is 0 Å². The second-order valence-corrected chi connectivity index (χ2v) is 7.97. The second kappa shape index (κ2) is 7.28. The number of aromatic nitrogens is 3. The normalized spacial score (nSPS) is 15.9. The summed E-state index contributed by atoms with van der Waals surface area (Å²) in [4.78, 5) is 2.39. The third-order valence-electron chi connectivity index (χ3n) is 5.27. The van der Waals surface area contributed by atoms with Gasteiger partial charge >= 0.3 is 0 Å². The highest BCUT2D eigenvalue weighted by Gasteiger charge is 2.23. The molecule has 0 radical (unpaired) electrons. The Balaban J connectivity index is 1.53. The molecule has 5 heteroatoms. The summed E-state index contributed by atoms with van der Waals surface area (Å²) < 4.78 is 2.03. The van der Waals surface area contributed by atoms with Crippen molar-refractivity contribution in [1.82, 2.24) is 14.6 Å². The maximum atomic E-state index is 6.71. The van der Waals surface area contributed by atoms with Crippen LogP contribution in [-0.2, 0) is 6.42 Å². The van der Waals surface area contributed by atoms with Gasteiger partial charge < -0.3 is 4.90 Å². The molecule has 0 atom stereocenters. The first-order valence-corrected chi connectivity index (χ1v) is 9.83. The number of benzene rings is 1. The standard InChI is InChI=1S/C21H25ClN4/c1-15(2)14-19-23-24-21-20(22)18(10-13-26(19)21)25-11-8-17(9-12-25)16-6-4-3-5-7-16/h3-7,10,13,15,17H,8-9,11-12,14H2,1-2H3. The highest BCUT2D eigenvalue weighted by atomic mass is 35.5. The van der Waals surface area contributed by atoms with Crippen LogP contribution in [0.4, 0.5) is 5.69 Å². The molecule has 3 heterocycles. The minimum atomic E-state index is 0.540. The van der Waals surface area contributed by atoms with Crippen LogP contribution in [0, 0.1) is 5.92 Å². The molecule has 26 heavy (non-hydrogen) atoms. The molecule has 1 fully saturated rings. The highest BCUT2D eigenvalue weighted by molar-refractivity contribution is 6.36. The fraction of sp³-hybridized carbons (Fsp3) is 0.429. The number of fused-ring (bicyclic) bond motifs is 1. The van der Waals surface area contributed by atoms with Crippen molar-refractivity contribution in [2.24, 2.45) is 5.92 Å². The average molecular weight is 369 g/mol.